The lowest BCUT2D eigenvalue weighted by Gasteiger charge is -2.07. The van der Waals surface area contributed by atoms with Gasteiger partial charge in [0, 0.05) is 11.6 Å². The van der Waals surface area contributed by atoms with E-state index in [4.69, 9.17) is 10.5 Å². The number of ether oxygens (including phenoxy) is 1. The molecular formula is C14H17FN4O. The Morgan fingerprint density at radius 3 is 2.95 bits per heavy atom. The lowest BCUT2D eigenvalue weighted by Crippen LogP contribution is -2.01. The summed E-state index contributed by atoms with van der Waals surface area (Å²) in [6.07, 6.45) is 4.13. The van der Waals surface area contributed by atoms with Crippen molar-refractivity contribution in [3.63, 3.8) is 0 Å². The lowest BCUT2D eigenvalue weighted by atomic mass is 10.2. The van der Waals surface area contributed by atoms with E-state index in [9.17, 15) is 4.39 Å². The number of anilines is 1. The summed E-state index contributed by atoms with van der Waals surface area (Å²) in [4.78, 5) is 4.05. The predicted molar refractivity (Wildman–Crippen MR) is 76.6 cm³/mol. The van der Waals surface area contributed by atoms with Crippen LogP contribution in [0.4, 0.5) is 10.3 Å². The van der Waals surface area contributed by atoms with Crippen molar-refractivity contribution in [1.29, 1.82) is 0 Å². The molecule has 0 aliphatic heterocycles. The average molecular weight is 276 g/mol. The van der Waals surface area contributed by atoms with Gasteiger partial charge in [-0.25, -0.2) is 14.1 Å². The summed E-state index contributed by atoms with van der Waals surface area (Å²) in [5.74, 6) is 0.425. The van der Waals surface area contributed by atoms with Crippen LogP contribution in [0.15, 0.2) is 29.5 Å². The van der Waals surface area contributed by atoms with E-state index in [0.29, 0.717) is 23.9 Å². The van der Waals surface area contributed by atoms with E-state index in [0.717, 1.165) is 12.1 Å². The van der Waals surface area contributed by atoms with Crippen LogP contribution in [0, 0.1) is 12.7 Å². The molecule has 0 fully saturated rings. The molecule has 0 saturated heterocycles. The average Bonchev–Trinajstić information content (AvgIpc) is 2.73. The Kier molecular flexibility index (Phi) is 4.34. The largest absolute Gasteiger partial charge is 0.493 e. The molecule has 2 N–H and O–H groups in total. The molecule has 1 aromatic carbocycles. The molecule has 6 heteroatoms. The zero-order chi connectivity index (χ0) is 14.5. The fourth-order valence-corrected chi connectivity index (χ4v) is 1.67. The third-order valence-corrected chi connectivity index (χ3v) is 2.59. The van der Waals surface area contributed by atoms with Gasteiger partial charge >= 0.3 is 0 Å². The number of aryl methyl sites for hydroxylation is 1. The summed E-state index contributed by atoms with van der Waals surface area (Å²) in [6, 6.07) is 4.33. The van der Waals surface area contributed by atoms with Crippen molar-refractivity contribution in [2.45, 2.75) is 20.3 Å². The zero-order valence-electron chi connectivity index (χ0n) is 11.5. The molecule has 2 rings (SSSR count). The second-order valence-corrected chi connectivity index (χ2v) is 4.36. The summed E-state index contributed by atoms with van der Waals surface area (Å²) in [5.41, 5.74) is 7.16. The van der Waals surface area contributed by atoms with Crippen LogP contribution >= 0.6 is 0 Å². The van der Waals surface area contributed by atoms with E-state index < -0.39 is 0 Å². The molecule has 0 unspecified atom stereocenters. The van der Waals surface area contributed by atoms with Crippen molar-refractivity contribution in [2.24, 2.45) is 5.10 Å². The summed E-state index contributed by atoms with van der Waals surface area (Å²) in [7, 11) is 0. The van der Waals surface area contributed by atoms with Gasteiger partial charge in [-0.15, -0.1) is 0 Å². The van der Waals surface area contributed by atoms with Gasteiger partial charge in [0.15, 0.2) is 0 Å². The van der Waals surface area contributed by atoms with Gasteiger partial charge in [-0.3, -0.25) is 0 Å². The van der Waals surface area contributed by atoms with Crippen molar-refractivity contribution in [2.75, 3.05) is 12.3 Å². The Morgan fingerprint density at radius 2 is 2.30 bits per heavy atom. The van der Waals surface area contributed by atoms with Crippen LogP contribution in [0.25, 0.3) is 0 Å². The highest BCUT2D eigenvalue weighted by Crippen LogP contribution is 2.19. The third kappa shape index (κ3) is 3.34. The number of hydrogen-bond donors (Lipinski definition) is 1. The van der Waals surface area contributed by atoms with Gasteiger partial charge in [0.05, 0.1) is 24.7 Å². The molecule has 0 aliphatic carbocycles. The molecule has 2 aromatic rings. The van der Waals surface area contributed by atoms with E-state index in [2.05, 4.69) is 10.1 Å². The number of halogens is 1. The first-order valence-corrected chi connectivity index (χ1v) is 6.38. The highest BCUT2D eigenvalue weighted by atomic mass is 19.1. The van der Waals surface area contributed by atoms with Crippen molar-refractivity contribution >= 4 is 12.2 Å². The summed E-state index contributed by atoms with van der Waals surface area (Å²) in [5, 5.41) is 4.20. The molecule has 106 valence electrons. The number of nitrogen functional groups attached to an aromatic ring is 1. The minimum Gasteiger partial charge on any atom is -0.493 e. The van der Waals surface area contributed by atoms with Crippen molar-refractivity contribution in [3.8, 4) is 5.75 Å². The minimum atomic E-state index is -0.341. The number of nitrogens with two attached hydrogens (primary N) is 1. The lowest BCUT2D eigenvalue weighted by molar-refractivity contribution is 0.315. The fraction of sp³-hybridized carbons (Fsp3) is 0.286. The molecule has 0 amide bonds. The van der Waals surface area contributed by atoms with E-state index in [1.165, 1.54) is 16.8 Å². The maximum absolute atomic E-state index is 13.2. The fourth-order valence-electron chi connectivity index (χ4n) is 1.67. The first-order chi connectivity index (χ1) is 9.60. The Balaban J connectivity index is 2.25. The van der Waals surface area contributed by atoms with Crippen LogP contribution in [0.5, 0.6) is 5.75 Å². The van der Waals surface area contributed by atoms with Gasteiger partial charge in [0.1, 0.15) is 11.6 Å². The molecule has 0 radical (unpaired) electrons. The molecule has 1 heterocycles. The smallest absolute Gasteiger partial charge is 0.221 e. The molecule has 0 saturated carbocycles. The SMILES string of the molecule is CCCOc1cc(F)ccc1C=Nn1cc(C)nc1N. The van der Waals surface area contributed by atoms with Gasteiger partial charge in [0.25, 0.3) is 0 Å². The van der Waals surface area contributed by atoms with Crippen LogP contribution in [0.3, 0.4) is 0 Å². The van der Waals surface area contributed by atoms with Crippen LogP contribution in [-0.4, -0.2) is 22.5 Å². The van der Waals surface area contributed by atoms with Crippen LogP contribution in [-0.2, 0) is 0 Å². The number of imidazole rings is 1. The second-order valence-electron chi connectivity index (χ2n) is 4.36. The molecule has 5 nitrogen and oxygen atoms in total. The molecule has 0 spiro atoms. The number of hydrogen-bond acceptors (Lipinski definition) is 4. The molecular weight excluding hydrogens is 259 g/mol. The van der Waals surface area contributed by atoms with E-state index >= 15 is 0 Å². The monoisotopic (exact) mass is 276 g/mol. The zero-order valence-corrected chi connectivity index (χ0v) is 11.5. The Labute approximate surface area is 116 Å². The highest BCUT2D eigenvalue weighted by molar-refractivity contribution is 5.83. The summed E-state index contributed by atoms with van der Waals surface area (Å²) < 4.78 is 20.2. The van der Waals surface area contributed by atoms with Crippen LogP contribution in [0.1, 0.15) is 24.6 Å². The topological polar surface area (TPSA) is 65.4 Å². The first-order valence-electron chi connectivity index (χ1n) is 6.38. The maximum Gasteiger partial charge on any atom is 0.221 e. The van der Waals surface area contributed by atoms with Crippen molar-refractivity contribution in [3.05, 3.63) is 41.5 Å². The van der Waals surface area contributed by atoms with E-state index in [1.54, 1.807) is 18.5 Å². The van der Waals surface area contributed by atoms with Crippen LogP contribution in [0.2, 0.25) is 0 Å². The second kappa shape index (κ2) is 6.18. The Hall–Kier alpha value is -2.37. The number of rotatable bonds is 5. The highest BCUT2D eigenvalue weighted by Gasteiger charge is 2.04. The van der Waals surface area contributed by atoms with Gasteiger partial charge < -0.3 is 10.5 Å². The number of benzene rings is 1. The minimum absolute atomic E-state index is 0.303. The summed E-state index contributed by atoms with van der Waals surface area (Å²) in [6.45, 7) is 4.34. The van der Waals surface area contributed by atoms with Crippen molar-refractivity contribution < 1.29 is 9.13 Å². The standard InChI is InChI=1S/C14H17FN4O/c1-3-6-20-13-7-12(15)5-4-11(13)8-17-19-9-10(2)18-14(19)16/h4-5,7-9H,3,6H2,1-2H3,(H2,16,18). The molecule has 0 atom stereocenters. The normalized spacial score (nSPS) is 11.2. The first kappa shape index (κ1) is 14.0. The number of nitrogens with zero attached hydrogens (tertiary/aromatic N) is 3. The Bertz CT molecular complexity index is 622. The Morgan fingerprint density at radius 1 is 1.50 bits per heavy atom. The molecule has 1 aromatic heterocycles. The van der Waals surface area contributed by atoms with Gasteiger partial charge in [-0.2, -0.15) is 5.10 Å². The molecule has 20 heavy (non-hydrogen) atoms. The van der Waals surface area contributed by atoms with E-state index in [1.807, 2.05) is 13.8 Å². The molecule has 0 aliphatic rings. The van der Waals surface area contributed by atoms with Crippen LogP contribution < -0.4 is 10.5 Å². The quantitative estimate of drug-likeness (QED) is 0.854. The van der Waals surface area contributed by atoms with Crippen molar-refractivity contribution in [1.82, 2.24) is 9.66 Å². The maximum atomic E-state index is 13.2. The van der Waals surface area contributed by atoms with E-state index in [-0.39, 0.29) is 5.82 Å². The predicted octanol–water partition coefficient (Wildman–Crippen LogP) is 2.58. The third-order valence-electron chi connectivity index (χ3n) is 2.59. The van der Waals surface area contributed by atoms with Gasteiger partial charge in [0.2, 0.25) is 5.95 Å². The molecule has 0 bridgehead atoms. The van der Waals surface area contributed by atoms with Gasteiger partial charge in [-0.1, -0.05) is 6.92 Å². The summed E-state index contributed by atoms with van der Waals surface area (Å²) >= 11 is 0. The number of aromatic nitrogens is 2. The van der Waals surface area contributed by atoms with Gasteiger partial charge in [-0.05, 0) is 25.5 Å².